The standard InChI is InChI=1S/C19H16ClN3O3S/c1-21-18(25)11-6-8-12(9-7-11)23-15(24)10-22-19(26)17-16(20)13-4-2-3-5-14(13)27-17/h2-9H,10H2,1H3,(H,21,25)(H,22,26)(H,23,24). The summed E-state index contributed by atoms with van der Waals surface area (Å²) in [6.07, 6.45) is 0. The van der Waals surface area contributed by atoms with Crippen molar-refractivity contribution in [2.45, 2.75) is 0 Å². The smallest absolute Gasteiger partial charge is 0.263 e. The number of carbonyl (C=O) groups excluding carboxylic acids is 3. The van der Waals surface area contributed by atoms with Gasteiger partial charge in [0.05, 0.1) is 11.6 Å². The van der Waals surface area contributed by atoms with E-state index < -0.39 is 5.91 Å². The van der Waals surface area contributed by atoms with Crippen molar-refractivity contribution < 1.29 is 14.4 Å². The van der Waals surface area contributed by atoms with Gasteiger partial charge >= 0.3 is 0 Å². The maximum absolute atomic E-state index is 12.3. The Balaban J connectivity index is 1.59. The Hall–Kier alpha value is -2.90. The van der Waals surface area contributed by atoms with E-state index in [9.17, 15) is 14.4 Å². The number of hydrogen-bond donors (Lipinski definition) is 3. The van der Waals surface area contributed by atoms with Gasteiger partial charge in [0.2, 0.25) is 5.91 Å². The van der Waals surface area contributed by atoms with Crippen LogP contribution in [-0.2, 0) is 4.79 Å². The topological polar surface area (TPSA) is 87.3 Å². The van der Waals surface area contributed by atoms with Crippen LogP contribution < -0.4 is 16.0 Å². The van der Waals surface area contributed by atoms with Gasteiger partial charge in [-0.1, -0.05) is 29.8 Å². The first-order valence-electron chi connectivity index (χ1n) is 8.07. The van der Waals surface area contributed by atoms with Crippen LogP contribution in [0.4, 0.5) is 5.69 Å². The molecule has 3 rings (SSSR count). The molecule has 0 saturated carbocycles. The van der Waals surface area contributed by atoms with Crippen molar-refractivity contribution in [2.75, 3.05) is 18.9 Å². The Morgan fingerprint density at radius 1 is 1.00 bits per heavy atom. The first-order valence-corrected chi connectivity index (χ1v) is 9.26. The molecule has 0 aliphatic carbocycles. The highest BCUT2D eigenvalue weighted by molar-refractivity contribution is 7.21. The first-order chi connectivity index (χ1) is 13.0. The van der Waals surface area contributed by atoms with Crippen LogP contribution in [0.1, 0.15) is 20.0 Å². The highest BCUT2D eigenvalue weighted by atomic mass is 35.5. The zero-order valence-electron chi connectivity index (χ0n) is 14.3. The Bertz CT molecular complexity index is 1010. The van der Waals surface area contributed by atoms with Gasteiger partial charge in [-0.25, -0.2) is 0 Å². The molecule has 3 amide bonds. The number of rotatable bonds is 5. The molecule has 3 N–H and O–H groups in total. The first kappa shape index (κ1) is 18.9. The minimum atomic E-state index is -0.397. The molecule has 0 radical (unpaired) electrons. The van der Waals surface area contributed by atoms with Crippen molar-refractivity contribution >= 4 is 56.4 Å². The number of halogens is 1. The third kappa shape index (κ3) is 4.27. The van der Waals surface area contributed by atoms with Crippen LogP contribution in [0.25, 0.3) is 10.1 Å². The van der Waals surface area contributed by atoms with E-state index in [0.29, 0.717) is 21.2 Å². The van der Waals surface area contributed by atoms with E-state index >= 15 is 0 Å². The number of benzene rings is 2. The molecule has 0 aliphatic rings. The highest BCUT2D eigenvalue weighted by Crippen LogP contribution is 2.34. The molecule has 0 saturated heterocycles. The molecule has 8 heteroatoms. The third-order valence-corrected chi connectivity index (χ3v) is 5.48. The number of amides is 3. The second-order valence-corrected chi connectivity index (χ2v) is 7.06. The van der Waals surface area contributed by atoms with E-state index in [0.717, 1.165) is 10.1 Å². The average Bonchev–Trinajstić information content (AvgIpc) is 3.03. The molecule has 138 valence electrons. The highest BCUT2D eigenvalue weighted by Gasteiger charge is 2.17. The number of nitrogens with one attached hydrogen (secondary N) is 3. The summed E-state index contributed by atoms with van der Waals surface area (Å²) in [6.45, 7) is -0.194. The molecule has 0 bridgehead atoms. The Morgan fingerprint density at radius 2 is 1.70 bits per heavy atom. The molecule has 1 aromatic heterocycles. The maximum atomic E-state index is 12.3. The lowest BCUT2D eigenvalue weighted by Crippen LogP contribution is -2.32. The molecule has 27 heavy (non-hydrogen) atoms. The fourth-order valence-corrected chi connectivity index (χ4v) is 3.89. The number of fused-ring (bicyclic) bond motifs is 1. The van der Waals surface area contributed by atoms with Crippen LogP contribution in [0, 0.1) is 0 Å². The van der Waals surface area contributed by atoms with Crippen LogP contribution in [0.3, 0.4) is 0 Å². The summed E-state index contributed by atoms with van der Waals surface area (Å²) < 4.78 is 0.910. The Kier molecular flexibility index (Phi) is 5.73. The second-order valence-electron chi connectivity index (χ2n) is 5.63. The predicted octanol–water partition coefficient (Wildman–Crippen LogP) is 3.28. The molecule has 0 atom stereocenters. The summed E-state index contributed by atoms with van der Waals surface area (Å²) in [7, 11) is 1.55. The van der Waals surface area contributed by atoms with Crippen molar-refractivity contribution in [1.29, 1.82) is 0 Å². The summed E-state index contributed by atoms with van der Waals surface area (Å²) in [5.41, 5.74) is 1.02. The molecule has 3 aromatic rings. The predicted molar refractivity (Wildman–Crippen MR) is 108 cm³/mol. The van der Waals surface area contributed by atoms with Gasteiger partial charge in [0, 0.05) is 28.4 Å². The number of carbonyl (C=O) groups is 3. The van der Waals surface area contributed by atoms with Gasteiger partial charge in [0.25, 0.3) is 11.8 Å². The van der Waals surface area contributed by atoms with Gasteiger partial charge in [-0.15, -0.1) is 11.3 Å². The van der Waals surface area contributed by atoms with Gasteiger partial charge in [-0.2, -0.15) is 0 Å². The SMILES string of the molecule is CNC(=O)c1ccc(NC(=O)CNC(=O)c2sc3ccccc3c2Cl)cc1. The largest absolute Gasteiger partial charge is 0.355 e. The lowest BCUT2D eigenvalue weighted by atomic mass is 10.2. The zero-order valence-corrected chi connectivity index (χ0v) is 15.9. The Morgan fingerprint density at radius 3 is 2.37 bits per heavy atom. The van der Waals surface area contributed by atoms with Crippen LogP contribution in [0.5, 0.6) is 0 Å². The van der Waals surface area contributed by atoms with Gasteiger partial charge in [-0.05, 0) is 30.3 Å². The lowest BCUT2D eigenvalue weighted by molar-refractivity contribution is -0.115. The summed E-state index contributed by atoms with van der Waals surface area (Å²) >= 11 is 7.55. The molecule has 0 fully saturated rings. The number of thiophene rings is 1. The molecule has 6 nitrogen and oxygen atoms in total. The molecule has 2 aromatic carbocycles. The maximum Gasteiger partial charge on any atom is 0.263 e. The average molecular weight is 402 g/mol. The fourth-order valence-electron chi connectivity index (χ4n) is 2.46. The molecular formula is C19H16ClN3O3S. The van der Waals surface area contributed by atoms with E-state index in [2.05, 4.69) is 16.0 Å². The number of anilines is 1. The summed E-state index contributed by atoms with van der Waals surface area (Å²) in [6, 6.07) is 13.9. The van der Waals surface area contributed by atoms with Gasteiger partial charge in [0.1, 0.15) is 4.88 Å². The van der Waals surface area contributed by atoms with E-state index in [1.807, 2.05) is 24.3 Å². The number of hydrogen-bond acceptors (Lipinski definition) is 4. The zero-order chi connectivity index (χ0) is 19.4. The van der Waals surface area contributed by atoms with Crippen LogP contribution in [0.15, 0.2) is 48.5 Å². The van der Waals surface area contributed by atoms with Crippen molar-refractivity contribution in [2.24, 2.45) is 0 Å². The van der Waals surface area contributed by atoms with E-state index in [1.165, 1.54) is 11.3 Å². The normalized spacial score (nSPS) is 10.4. The van der Waals surface area contributed by atoms with Gasteiger partial charge < -0.3 is 16.0 Å². The summed E-state index contributed by atoms with van der Waals surface area (Å²) in [5, 5.41) is 8.95. The van der Waals surface area contributed by atoms with Crippen molar-refractivity contribution in [3.05, 3.63) is 64.0 Å². The lowest BCUT2D eigenvalue weighted by Gasteiger charge is -2.07. The van der Waals surface area contributed by atoms with Crippen molar-refractivity contribution in [3.63, 3.8) is 0 Å². The molecule has 0 unspecified atom stereocenters. The minimum Gasteiger partial charge on any atom is -0.355 e. The molecule has 0 spiro atoms. The monoisotopic (exact) mass is 401 g/mol. The third-order valence-electron chi connectivity index (χ3n) is 3.81. The van der Waals surface area contributed by atoms with Gasteiger partial charge in [0.15, 0.2) is 0 Å². The Labute approximate surface area is 164 Å². The quantitative estimate of drug-likeness (QED) is 0.613. The van der Waals surface area contributed by atoms with E-state index in [1.54, 1.807) is 31.3 Å². The van der Waals surface area contributed by atoms with Crippen molar-refractivity contribution in [3.8, 4) is 0 Å². The molecule has 0 aliphatic heterocycles. The summed E-state index contributed by atoms with van der Waals surface area (Å²) in [5.74, 6) is -0.986. The molecular weight excluding hydrogens is 386 g/mol. The fraction of sp³-hybridized carbons (Fsp3) is 0.105. The van der Waals surface area contributed by atoms with E-state index in [4.69, 9.17) is 11.6 Å². The van der Waals surface area contributed by atoms with Crippen LogP contribution in [0.2, 0.25) is 5.02 Å². The second kappa shape index (κ2) is 8.20. The van der Waals surface area contributed by atoms with Crippen molar-refractivity contribution in [1.82, 2.24) is 10.6 Å². The summed E-state index contributed by atoms with van der Waals surface area (Å²) in [4.78, 5) is 36.3. The van der Waals surface area contributed by atoms with E-state index in [-0.39, 0.29) is 18.4 Å². The van der Waals surface area contributed by atoms with Crippen LogP contribution >= 0.6 is 22.9 Å². The van der Waals surface area contributed by atoms with Crippen LogP contribution in [-0.4, -0.2) is 31.3 Å². The van der Waals surface area contributed by atoms with Gasteiger partial charge in [-0.3, -0.25) is 14.4 Å². The molecule has 1 heterocycles. The minimum absolute atomic E-state index is 0.194.